The third-order valence-electron chi connectivity index (χ3n) is 6.90. The Morgan fingerprint density at radius 2 is 0.909 bits per heavy atom. The fraction of sp³-hybridized carbons (Fsp3) is 0.600. The van der Waals surface area contributed by atoms with Gasteiger partial charge >= 0.3 is 0 Å². The Morgan fingerprint density at radius 3 is 1.27 bits per heavy atom. The summed E-state index contributed by atoms with van der Waals surface area (Å²) in [6.07, 6.45) is 11.7. The quantitative estimate of drug-likeness (QED) is 0.530. The van der Waals surface area contributed by atoms with E-state index in [4.69, 9.17) is 0 Å². The van der Waals surface area contributed by atoms with E-state index in [0.717, 1.165) is 23.7 Å². The Bertz CT molecular complexity index is 611. The van der Waals surface area contributed by atoms with Crippen molar-refractivity contribution in [2.45, 2.75) is 75.0 Å². The maximum atomic E-state index is 2.59. The molecule has 6 aliphatic rings. The molecule has 2 aromatic heterocycles. The van der Waals surface area contributed by atoms with Crippen molar-refractivity contribution in [2.24, 2.45) is 0 Å². The Labute approximate surface area is 140 Å². The molecule has 4 bridgehead atoms. The van der Waals surface area contributed by atoms with Crippen LogP contribution in [0.15, 0.2) is 12.1 Å². The number of fused-ring (bicyclic) bond motifs is 4. The molecule has 0 spiro atoms. The molecule has 0 amide bonds. The maximum Gasteiger partial charge on any atom is 0.0448 e. The largest absolute Gasteiger partial charge is 0.139 e. The van der Waals surface area contributed by atoms with Gasteiger partial charge in [0.05, 0.1) is 0 Å². The first-order valence-electron chi connectivity index (χ1n) is 9.14. The van der Waals surface area contributed by atoms with E-state index in [-0.39, 0.29) is 0 Å². The van der Waals surface area contributed by atoms with E-state index in [0.29, 0.717) is 0 Å². The fourth-order valence-electron chi connectivity index (χ4n) is 5.69. The topological polar surface area (TPSA) is 0 Å². The summed E-state index contributed by atoms with van der Waals surface area (Å²) in [5.41, 5.74) is 3.49. The first-order chi connectivity index (χ1) is 10.9. The highest BCUT2D eigenvalue weighted by atomic mass is 32.1. The maximum absolute atomic E-state index is 2.59. The Kier molecular flexibility index (Phi) is 2.60. The van der Waals surface area contributed by atoms with Crippen molar-refractivity contribution in [1.82, 2.24) is 0 Å². The molecule has 0 aromatic carbocycles. The number of thiophene rings is 2. The van der Waals surface area contributed by atoms with Crippen molar-refractivity contribution in [3.05, 3.63) is 33.0 Å². The molecule has 6 aliphatic carbocycles. The van der Waals surface area contributed by atoms with Crippen molar-refractivity contribution in [3.8, 4) is 9.75 Å². The molecule has 2 heteroatoms. The van der Waals surface area contributed by atoms with Gasteiger partial charge in [0.25, 0.3) is 0 Å². The summed E-state index contributed by atoms with van der Waals surface area (Å²) in [6.45, 7) is 0. The van der Waals surface area contributed by atoms with E-state index < -0.39 is 0 Å². The minimum atomic E-state index is 0.899. The molecule has 2 heterocycles. The van der Waals surface area contributed by atoms with Gasteiger partial charge in [-0.15, -0.1) is 22.7 Å². The summed E-state index contributed by atoms with van der Waals surface area (Å²) in [7, 11) is 0. The highest BCUT2D eigenvalue weighted by Gasteiger charge is 2.37. The van der Waals surface area contributed by atoms with Crippen molar-refractivity contribution in [1.29, 1.82) is 0 Å². The molecule has 0 unspecified atom stereocenters. The average molecular weight is 327 g/mol. The van der Waals surface area contributed by atoms with Gasteiger partial charge in [0, 0.05) is 19.5 Å². The van der Waals surface area contributed by atoms with Gasteiger partial charge in [-0.25, -0.2) is 0 Å². The lowest BCUT2D eigenvalue weighted by Gasteiger charge is -2.35. The zero-order chi connectivity index (χ0) is 14.3. The number of rotatable bonds is 1. The minimum Gasteiger partial charge on any atom is -0.139 e. The Hall–Kier alpha value is -0.600. The van der Waals surface area contributed by atoms with Crippen LogP contribution in [0.1, 0.15) is 95.9 Å². The van der Waals surface area contributed by atoms with Crippen molar-refractivity contribution in [3.63, 3.8) is 0 Å². The summed E-state index contributed by atoms with van der Waals surface area (Å²) in [4.78, 5) is 6.74. The molecule has 114 valence electrons. The second-order valence-corrected chi connectivity index (χ2v) is 10.1. The molecule has 0 aliphatic heterocycles. The van der Waals surface area contributed by atoms with Gasteiger partial charge in [0.2, 0.25) is 0 Å². The van der Waals surface area contributed by atoms with E-state index in [2.05, 4.69) is 34.8 Å². The van der Waals surface area contributed by atoms with E-state index in [1.807, 2.05) is 0 Å². The van der Waals surface area contributed by atoms with Crippen molar-refractivity contribution < 1.29 is 0 Å². The molecule has 0 N–H and O–H groups in total. The highest BCUT2D eigenvalue weighted by Crippen LogP contribution is 2.57. The number of hydrogen-bond acceptors (Lipinski definition) is 2. The highest BCUT2D eigenvalue weighted by molar-refractivity contribution is 7.22. The predicted octanol–water partition coefficient (Wildman–Crippen LogP) is 6.99. The molecule has 0 radical (unpaired) electrons. The SMILES string of the molecule is c1c(-c2cc3c(s2)C2CCC3CC2)sc2c1C1CCC2CC1. The van der Waals surface area contributed by atoms with Crippen LogP contribution in [0.2, 0.25) is 0 Å². The molecular weight excluding hydrogens is 304 g/mol. The lowest BCUT2D eigenvalue weighted by atomic mass is 9.70. The molecular formula is C20H22S2. The van der Waals surface area contributed by atoms with Gasteiger partial charge in [-0.2, -0.15) is 0 Å². The smallest absolute Gasteiger partial charge is 0.0448 e. The molecule has 8 rings (SSSR count). The third kappa shape index (κ3) is 1.63. The van der Waals surface area contributed by atoms with Gasteiger partial charge < -0.3 is 0 Å². The van der Waals surface area contributed by atoms with Crippen LogP contribution in [0.4, 0.5) is 0 Å². The molecule has 2 aromatic rings. The summed E-state index contributed by atoms with van der Waals surface area (Å²) in [5.74, 6) is 3.61. The van der Waals surface area contributed by atoms with Crippen LogP contribution in [-0.2, 0) is 0 Å². The van der Waals surface area contributed by atoms with E-state index in [1.54, 1.807) is 30.6 Å². The molecule has 0 atom stereocenters. The summed E-state index contributed by atoms with van der Waals surface area (Å²) < 4.78 is 0. The van der Waals surface area contributed by atoms with E-state index >= 15 is 0 Å². The van der Waals surface area contributed by atoms with Gasteiger partial charge in [0.15, 0.2) is 0 Å². The standard InChI is InChI=1S/C20H22S2/c1-5-13-6-2-11(1)15-9-17(21-19(13)15)18-10-16-12-3-7-14(8-4-12)20(16)22-18/h9-14H,1-8H2. The van der Waals surface area contributed by atoms with Crippen LogP contribution in [0.5, 0.6) is 0 Å². The van der Waals surface area contributed by atoms with Crippen LogP contribution in [0.3, 0.4) is 0 Å². The molecule has 2 fully saturated rings. The molecule has 0 saturated heterocycles. The van der Waals surface area contributed by atoms with Crippen LogP contribution in [-0.4, -0.2) is 0 Å². The van der Waals surface area contributed by atoms with Crippen LogP contribution in [0, 0.1) is 0 Å². The van der Waals surface area contributed by atoms with E-state index in [1.165, 1.54) is 51.4 Å². The zero-order valence-corrected chi connectivity index (χ0v) is 14.6. The summed E-state index contributed by atoms with van der Waals surface area (Å²) in [5, 5.41) is 0. The van der Waals surface area contributed by atoms with Crippen LogP contribution in [0.25, 0.3) is 9.75 Å². The lowest BCUT2D eigenvalue weighted by molar-refractivity contribution is 0.365. The van der Waals surface area contributed by atoms with Crippen LogP contribution >= 0.6 is 22.7 Å². The van der Waals surface area contributed by atoms with Gasteiger partial charge in [-0.05, 0) is 98.3 Å². The Morgan fingerprint density at radius 1 is 0.545 bits per heavy atom. The lowest BCUT2D eigenvalue weighted by Crippen LogP contribution is -2.19. The monoisotopic (exact) mass is 326 g/mol. The Balaban J connectivity index is 1.46. The first-order valence-corrected chi connectivity index (χ1v) is 10.8. The van der Waals surface area contributed by atoms with E-state index in [9.17, 15) is 0 Å². The number of hydrogen-bond donors (Lipinski definition) is 0. The molecule has 22 heavy (non-hydrogen) atoms. The fourth-order valence-corrected chi connectivity index (χ4v) is 8.60. The van der Waals surface area contributed by atoms with Crippen LogP contribution < -0.4 is 0 Å². The zero-order valence-electron chi connectivity index (χ0n) is 12.9. The average Bonchev–Trinajstić information content (AvgIpc) is 3.23. The van der Waals surface area contributed by atoms with Gasteiger partial charge in [-0.1, -0.05) is 0 Å². The third-order valence-corrected chi connectivity index (χ3v) is 9.72. The summed E-state index contributed by atoms with van der Waals surface area (Å²) in [6, 6.07) is 5.18. The normalized spacial score (nSPS) is 34.7. The second-order valence-electron chi connectivity index (χ2n) is 7.96. The van der Waals surface area contributed by atoms with Crippen molar-refractivity contribution in [2.75, 3.05) is 0 Å². The predicted molar refractivity (Wildman–Crippen MR) is 95.5 cm³/mol. The minimum absolute atomic E-state index is 0.899. The summed E-state index contributed by atoms with van der Waals surface area (Å²) >= 11 is 4.30. The first kappa shape index (κ1) is 12.8. The second kappa shape index (κ2) is 4.48. The van der Waals surface area contributed by atoms with Gasteiger partial charge in [0.1, 0.15) is 0 Å². The van der Waals surface area contributed by atoms with Gasteiger partial charge in [-0.3, -0.25) is 0 Å². The molecule has 2 saturated carbocycles. The van der Waals surface area contributed by atoms with Crippen molar-refractivity contribution >= 4 is 22.7 Å². The molecule has 0 nitrogen and oxygen atoms in total.